The van der Waals surface area contributed by atoms with E-state index in [1.165, 1.54) is 19.3 Å². The summed E-state index contributed by atoms with van der Waals surface area (Å²) < 4.78 is 0. The zero-order valence-corrected chi connectivity index (χ0v) is 10.7. The Kier molecular flexibility index (Phi) is 4.20. The van der Waals surface area contributed by atoms with Crippen molar-refractivity contribution in [2.24, 2.45) is 0 Å². The van der Waals surface area contributed by atoms with Crippen LogP contribution in [-0.4, -0.2) is 42.2 Å². The van der Waals surface area contributed by atoms with Gasteiger partial charge in [-0.1, -0.05) is 18.6 Å². The highest BCUT2D eigenvalue weighted by Gasteiger charge is 2.19. The van der Waals surface area contributed by atoms with Gasteiger partial charge in [0.15, 0.2) is 0 Å². The highest BCUT2D eigenvalue weighted by molar-refractivity contribution is 5.94. The fourth-order valence-corrected chi connectivity index (χ4v) is 2.45. The van der Waals surface area contributed by atoms with Gasteiger partial charge in [-0.2, -0.15) is 0 Å². The molecule has 2 rings (SSSR count). The van der Waals surface area contributed by atoms with Crippen molar-refractivity contribution in [3.8, 4) is 0 Å². The molecule has 0 spiro atoms. The highest BCUT2D eigenvalue weighted by atomic mass is 16.4. The number of carboxylic acid groups (broad SMARTS) is 1. The summed E-state index contributed by atoms with van der Waals surface area (Å²) in [6.45, 7) is 1.94. The smallest absolute Gasteiger partial charge is 0.337 e. The zero-order chi connectivity index (χ0) is 13.0. The third-order valence-corrected chi connectivity index (χ3v) is 3.61. The van der Waals surface area contributed by atoms with Crippen LogP contribution in [0.1, 0.15) is 29.6 Å². The SMILES string of the molecule is CN1CCCCC1CNc1ccccc1C(=O)O. The fraction of sp³-hybridized carbons (Fsp3) is 0.500. The number of likely N-dealkylation sites (N-methyl/N-ethyl adjacent to an activating group) is 1. The first-order valence-electron chi connectivity index (χ1n) is 6.45. The van der Waals surface area contributed by atoms with Gasteiger partial charge in [0, 0.05) is 18.3 Å². The van der Waals surface area contributed by atoms with Gasteiger partial charge in [-0.05, 0) is 38.6 Å². The van der Waals surface area contributed by atoms with Gasteiger partial charge in [0.2, 0.25) is 0 Å². The van der Waals surface area contributed by atoms with E-state index in [9.17, 15) is 4.79 Å². The molecule has 1 aromatic rings. The zero-order valence-electron chi connectivity index (χ0n) is 10.7. The van der Waals surface area contributed by atoms with Crippen LogP contribution in [0.3, 0.4) is 0 Å². The highest BCUT2D eigenvalue weighted by Crippen LogP contribution is 2.18. The average Bonchev–Trinajstić information content (AvgIpc) is 2.38. The normalized spacial score (nSPS) is 20.6. The number of aromatic carboxylic acids is 1. The Balaban J connectivity index is 1.99. The second-order valence-corrected chi connectivity index (χ2v) is 4.86. The molecule has 1 unspecified atom stereocenters. The number of nitrogens with zero attached hydrogens (tertiary/aromatic N) is 1. The molecule has 1 fully saturated rings. The maximum Gasteiger partial charge on any atom is 0.337 e. The Bertz CT molecular complexity index is 420. The first-order chi connectivity index (χ1) is 8.68. The van der Waals surface area contributed by atoms with Crippen molar-refractivity contribution in [3.63, 3.8) is 0 Å². The summed E-state index contributed by atoms with van der Waals surface area (Å²) >= 11 is 0. The van der Waals surface area contributed by atoms with E-state index in [2.05, 4.69) is 17.3 Å². The van der Waals surface area contributed by atoms with Gasteiger partial charge in [0.05, 0.1) is 5.56 Å². The Morgan fingerprint density at radius 1 is 1.44 bits per heavy atom. The van der Waals surface area contributed by atoms with Crippen molar-refractivity contribution in [1.82, 2.24) is 4.90 Å². The summed E-state index contributed by atoms with van der Waals surface area (Å²) in [5, 5.41) is 12.4. The number of carboxylic acids is 1. The molecule has 4 nitrogen and oxygen atoms in total. The number of nitrogens with one attached hydrogen (secondary N) is 1. The van der Waals surface area contributed by atoms with Crippen molar-refractivity contribution in [2.75, 3.05) is 25.5 Å². The van der Waals surface area contributed by atoms with Crippen LogP contribution in [0.25, 0.3) is 0 Å². The summed E-state index contributed by atoms with van der Waals surface area (Å²) in [7, 11) is 2.13. The van der Waals surface area contributed by atoms with Crippen LogP contribution < -0.4 is 5.32 Å². The lowest BCUT2D eigenvalue weighted by Gasteiger charge is -2.32. The number of para-hydroxylation sites is 1. The second kappa shape index (κ2) is 5.87. The molecule has 1 atom stereocenters. The molecule has 0 amide bonds. The first kappa shape index (κ1) is 12.9. The third-order valence-electron chi connectivity index (χ3n) is 3.61. The first-order valence-corrected chi connectivity index (χ1v) is 6.45. The molecular weight excluding hydrogens is 228 g/mol. The van der Waals surface area contributed by atoms with Gasteiger partial charge < -0.3 is 15.3 Å². The van der Waals surface area contributed by atoms with Gasteiger partial charge in [0.1, 0.15) is 0 Å². The van der Waals surface area contributed by atoms with Gasteiger partial charge >= 0.3 is 5.97 Å². The van der Waals surface area contributed by atoms with E-state index >= 15 is 0 Å². The summed E-state index contributed by atoms with van der Waals surface area (Å²) in [6.07, 6.45) is 3.70. The van der Waals surface area contributed by atoms with Gasteiger partial charge in [0.25, 0.3) is 0 Å². The van der Waals surface area contributed by atoms with E-state index in [1.54, 1.807) is 12.1 Å². The molecule has 0 radical (unpaired) electrons. The predicted octanol–water partition coefficient (Wildman–Crippen LogP) is 2.28. The third kappa shape index (κ3) is 3.01. The molecule has 18 heavy (non-hydrogen) atoms. The largest absolute Gasteiger partial charge is 0.478 e. The molecule has 98 valence electrons. The van der Waals surface area contributed by atoms with Gasteiger partial charge in [-0.3, -0.25) is 0 Å². The summed E-state index contributed by atoms with van der Waals surface area (Å²) in [5.41, 5.74) is 1.06. The van der Waals surface area contributed by atoms with E-state index in [0.717, 1.165) is 13.1 Å². The summed E-state index contributed by atoms with van der Waals surface area (Å²) in [6, 6.07) is 7.57. The number of likely N-dealkylation sites (tertiary alicyclic amines) is 1. The molecule has 1 saturated heterocycles. The van der Waals surface area contributed by atoms with Crippen LogP contribution in [0.4, 0.5) is 5.69 Å². The molecule has 1 aromatic carbocycles. The maximum atomic E-state index is 11.1. The van der Waals surface area contributed by atoms with Crippen LogP contribution in [-0.2, 0) is 0 Å². The summed E-state index contributed by atoms with van der Waals surface area (Å²) in [5.74, 6) is -0.880. The molecule has 0 bridgehead atoms. The number of carbonyl (C=O) groups is 1. The molecule has 1 heterocycles. The van der Waals surface area contributed by atoms with Crippen LogP contribution in [0.5, 0.6) is 0 Å². The number of hydrogen-bond acceptors (Lipinski definition) is 3. The van der Waals surface area contributed by atoms with E-state index < -0.39 is 5.97 Å². The van der Waals surface area contributed by atoms with Crippen molar-refractivity contribution >= 4 is 11.7 Å². The fourth-order valence-electron chi connectivity index (χ4n) is 2.45. The topological polar surface area (TPSA) is 52.6 Å². The van der Waals surface area contributed by atoms with Crippen LogP contribution in [0, 0.1) is 0 Å². The molecule has 4 heteroatoms. The van der Waals surface area contributed by atoms with Gasteiger partial charge in [-0.25, -0.2) is 4.79 Å². The Morgan fingerprint density at radius 2 is 2.22 bits per heavy atom. The molecule has 0 saturated carbocycles. The minimum atomic E-state index is -0.880. The van der Waals surface area contributed by atoms with Gasteiger partial charge in [-0.15, -0.1) is 0 Å². The van der Waals surface area contributed by atoms with Crippen molar-refractivity contribution < 1.29 is 9.90 Å². The van der Waals surface area contributed by atoms with Crippen molar-refractivity contribution in [3.05, 3.63) is 29.8 Å². The maximum absolute atomic E-state index is 11.1. The lowest BCUT2D eigenvalue weighted by atomic mass is 10.0. The second-order valence-electron chi connectivity index (χ2n) is 4.86. The molecule has 0 aromatic heterocycles. The Hall–Kier alpha value is -1.55. The van der Waals surface area contributed by atoms with Crippen LogP contribution >= 0.6 is 0 Å². The molecular formula is C14H20N2O2. The van der Waals surface area contributed by atoms with E-state index in [0.29, 0.717) is 17.3 Å². The van der Waals surface area contributed by atoms with E-state index in [4.69, 9.17) is 5.11 Å². The standard InChI is InChI=1S/C14H20N2O2/c1-16-9-5-4-6-11(16)10-15-13-8-3-2-7-12(13)14(17)18/h2-3,7-8,11,15H,4-6,9-10H2,1H3,(H,17,18). The predicted molar refractivity (Wildman–Crippen MR) is 72.2 cm³/mol. The van der Waals surface area contributed by atoms with E-state index in [1.807, 2.05) is 12.1 Å². The number of hydrogen-bond donors (Lipinski definition) is 2. The van der Waals surface area contributed by atoms with Crippen LogP contribution in [0.15, 0.2) is 24.3 Å². The Morgan fingerprint density at radius 3 is 2.94 bits per heavy atom. The number of rotatable bonds is 4. The molecule has 0 aliphatic carbocycles. The molecule has 1 aliphatic heterocycles. The number of piperidine rings is 1. The number of anilines is 1. The van der Waals surface area contributed by atoms with Crippen molar-refractivity contribution in [1.29, 1.82) is 0 Å². The minimum Gasteiger partial charge on any atom is -0.478 e. The number of benzene rings is 1. The lowest BCUT2D eigenvalue weighted by Crippen LogP contribution is -2.40. The Labute approximate surface area is 108 Å². The quantitative estimate of drug-likeness (QED) is 0.858. The van der Waals surface area contributed by atoms with E-state index in [-0.39, 0.29) is 0 Å². The lowest BCUT2D eigenvalue weighted by molar-refractivity contribution is 0.0698. The molecule has 1 aliphatic rings. The summed E-state index contributed by atoms with van der Waals surface area (Å²) in [4.78, 5) is 13.4. The average molecular weight is 248 g/mol. The van der Waals surface area contributed by atoms with Crippen LogP contribution in [0.2, 0.25) is 0 Å². The molecule has 2 N–H and O–H groups in total. The minimum absolute atomic E-state index is 0.343. The monoisotopic (exact) mass is 248 g/mol. The van der Waals surface area contributed by atoms with Crippen molar-refractivity contribution in [2.45, 2.75) is 25.3 Å².